The van der Waals surface area contributed by atoms with E-state index in [0.29, 0.717) is 0 Å². The van der Waals surface area contributed by atoms with Crippen LogP contribution in [0.5, 0.6) is 0 Å². The quantitative estimate of drug-likeness (QED) is 0.164. The van der Waals surface area contributed by atoms with Crippen LogP contribution in [0.1, 0.15) is 72.2 Å². The van der Waals surface area contributed by atoms with Gasteiger partial charge in [0.05, 0.1) is 5.41 Å². The fourth-order valence-electron chi connectivity index (χ4n) is 13.1. The lowest BCUT2D eigenvalue weighted by molar-refractivity contribution is 0.660. The van der Waals surface area contributed by atoms with Gasteiger partial charge in [0.1, 0.15) is 0 Å². The van der Waals surface area contributed by atoms with Crippen LogP contribution >= 0.6 is 0 Å². The molecule has 10 aromatic rings. The third-order valence-electron chi connectivity index (χ3n) is 16.3. The van der Waals surface area contributed by atoms with E-state index >= 15 is 0 Å². The predicted octanol–water partition coefficient (Wildman–Crippen LogP) is 17.6. The third kappa shape index (κ3) is 5.43. The van der Waals surface area contributed by atoms with Gasteiger partial charge < -0.3 is 9.80 Å². The number of anilines is 6. The highest BCUT2D eigenvalue weighted by atomic mass is 15.1. The Morgan fingerprint density at radius 3 is 0.841 bits per heavy atom. The molecule has 69 heavy (non-hydrogen) atoms. The number of hydrogen-bond donors (Lipinski definition) is 0. The largest absolute Gasteiger partial charge is 0.310 e. The van der Waals surface area contributed by atoms with Crippen molar-refractivity contribution in [2.24, 2.45) is 0 Å². The molecular weight excluding hydrogens is 833 g/mol. The van der Waals surface area contributed by atoms with E-state index in [4.69, 9.17) is 0 Å². The molecule has 1 spiro atoms. The van der Waals surface area contributed by atoms with Crippen LogP contribution in [0.2, 0.25) is 0 Å². The van der Waals surface area contributed by atoms with Crippen molar-refractivity contribution in [1.82, 2.24) is 0 Å². The van der Waals surface area contributed by atoms with Crippen LogP contribution in [0.4, 0.5) is 34.1 Å². The zero-order chi connectivity index (χ0) is 46.2. The van der Waals surface area contributed by atoms with Gasteiger partial charge in [0.2, 0.25) is 0 Å². The standard InChI is InChI=1S/C67H50N2/c1-65(2)57-27-15-11-23-49(57)53-35-31-45(39-61(53)65)68(43-19-7-5-8-20-43)47-33-37-55-51-25-13-17-29-59(51)67(63(55)41-47)60-30-18-14-26-52(60)56-38-34-48(42-64(56)67)69(44-21-9-6-10-22-44)46-32-36-54-50-24-12-16-28-58(50)66(3,4)62(54)40-46/h5-42H,1-4H3. The number of benzene rings is 10. The molecule has 0 saturated heterocycles. The Bertz CT molecular complexity index is 3500. The monoisotopic (exact) mass is 882 g/mol. The molecule has 0 N–H and O–H groups in total. The van der Waals surface area contributed by atoms with Gasteiger partial charge >= 0.3 is 0 Å². The molecule has 2 nitrogen and oxygen atoms in total. The summed E-state index contributed by atoms with van der Waals surface area (Å²) in [5, 5.41) is 0. The van der Waals surface area contributed by atoms with E-state index in [2.05, 4.69) is 268 Å². The fraction of sp³-hybridized carbons (Fsp3) is 0.104. The first-order chi connectivity index (χ1) is 33.7. The molecule has 14 rings (SSSR count). The van der Waals surface area contributed by atoms with Crippen LogP contribution in [0.3, 0.4) is 0 Å². The second-order valence-electron chi connectivity index (χ2n) is 20.4. The van der Waals surface area contributed by atoms with Crippen molar-refractivity contribution < 1.29 is 0 Å². The van der Waals surface area contributed by atoms with Crippen molar-refractivity contribution >= 4 is 34.1 Å². The van der Waals surface area contributed by atoms with Gasteiger partial charge in [-0.1, -0.05) is 185 Å². The maximum absolute atomic E-state index is 2.52. The lowest BCUT2D eigenvalue weighted by atomic mass is 9.70. The van der Waals surface area contributed by atoms with Crippen molar-refractivity contribution in [2.45, 2.75) is 43.9 Å². The van der Waals surface area contributed by atoms with Gasteiger partial charge in [-0.3, -0.25) is 0 Å². The molecule has 0 radical (unpaired) electrons. The van der Waals surface area contributed by atoms with Crippen LogP contribution in [0.25, 0.3) is 44.5 Å². The van der Waals surface area contributed by atoms with Gasteiger partial charge in [-0.15, -0.1) is 0 Å². The highest BCUT2D eigenvalue weighted by molar-refractivity contribution is 5.98. The van der Waals surface area contributed by atoms with Crippen molar-refractivity contribution in [2.75, 3.05) is 9.80 Å². The number of para-hydroxylation sites is 2. The summed E-state index contributed by atoms with van der Waals surface area (Å²) in [6.07, 6.45) is 0. The molecule has 10 aromatic carbocycles. The van der Waals surface area contributed by atoms with E-state index < -0.39 is 5.41 Å². The Balaban J connectivity index is 0.986. The smallest absolute Gasteiger partial charge is 0.0727 e. The molecule has 0 unspecified atom stereocenters. The number of rotatable bonds is 6. The lowest BCUT2D eigenvalue weighted by Gasteiger charge is -2.33. The van der Waals surface area contributed by atoms with Crippen molar-refractivity contribution in [1.29, 1.82) is 0 Å². The Morgan fingerprint density at radius 2 is 0.478 bits per heavy atom. The molecule has 4 aliphatic carbocycles. The summed E-state index contributed by atoms with van der Waals surface area (Å²) >= 11 is 0. The van der Waals surface area contributed by atoms with E-state index in [9.17, 15) is 0 Å². The van der Waals surface area contributed by atoms with Crippen LogP contribution < -0.4 is 9.80 Å². The second kappa shape index (κ2) is 14.4. The van der Waals surface area contributed by atoms with E-state index in [1.807, 2.05) is 0 Å². The van der Waals surface area contributed by atoms with Crippen molar-refractivity contribution in [3.63, 3.8) is 0 Å². The number of hydrogen-bond acceptors (Lipinski definition) is 2. The van der Waals surface area contributed by atoms with Crippen LogP contribution in [-0.4, -0.2) is 0 Å². The van der Waals surface area contributed by atoms with Gasteiger partial charge in [0.15, 0.2) is 0 Å². The Morgan fingerprint density at radius 1 is 0.217 bits per heavy atom. The van der Waals surface area contributed by atoms with E-state index in [0.717, 1.165) is 34.1 Å². The molecule has 4 aliphatic rings. The molecule has 0 saturated carbocycles. The zero-order valence-corrected chi connectivity index (χ0v) is 39.3. The van der Waals surface area contributed by atoms with Gasteiger partial charge in [-0.05, 0) is 162 Å². The van der Waals surface area contributed by atoms with Gasteiger partial charge in [-0.2, -0.15) is 0 Å². The minimum Gasteiger partial charge on any atom is -0.310 e. The fourth-order valence-corrected chi connectivity index (χ4v) is 13.1. The van der Waals surface area contributed by atoms with Gasteiger partial charge in [0.25, 0.3) is 0 Å². The van der Waals surface area contributed by atoms with Gasteiger partial charge in [0, 0.05) is 45.0 Å². The summed E-state index contributed by atoms with van der Waals surface area (Å²) in [5.74, 6) is 0. The first kappa shape index (κ1) is 39.9. The van der Waals surface area contributed by atoms with Crippen molar-refractivity contribution in [3.05, 3.63) is 275 Å². The average Bonchev–Trinajstić information content (AvgIpc) is 4.02. The lowest BCUT2D eigenvalue weighted by Crippen LogP contribution is -2.26. The van der Waals surface area contributed by atoms with Crippen LogP contribution in [0.15, 0.2) is 231 Å². The molecule has 0 fully saturated rings. The Kier molecular flexibility index (Phi) is 8.33. The molecule has 0 heterocycles. The summed E-state index contributed by atoms with van der Waals surface area (Å²) < 4.78 is 0. The zero-order valence-electron chi connectivity index (χ0n) is 39.3. The summed E-state index contributed by atoms with van der Waals surface area (Å²) in [5.41, 5.74) is 27.2. The second-order valence-corrected chi connectivity index (χ2v) is 20.4. The summed E-state index contributed by atoms with van der Waals surface area (Å²) in [7, 11) is 0. The maximum atomic E-state index is 2.52. The summed E-state index contributed by atoms with van der Waals surface area (Å²) in [4.78, 5) is 4.94. The molecule has 328 valence electrons. The highest BCUT2D eigenvalue weighted by Gasteiger charge is 2.52. The average molecular weight is 883 g/mol. The van der Waals surface area contributed by atoms with Crippen molar-refractivity contribution in [3.8, 4) is 44.5 Å². The van der Waals surface area contributed by atoms with E-state index in [1.165, 1.54) is 89.0 Å². The minimum absolute atomic E-state index is 0.127. The predicted molar refractivity (Wildman–Crippen MR) is 287 cm³/mol. The van der Waals surface area contributed by atoms with E-state index in [1.54, 1.807) is 0 Å². The van der Waals surface area contributed by atoms with Crippen LogP contribution in [-0.2, 0) is 16.2 Å². The van der Waals surface area contributed by atoms with E-state index in [-0.39, 0.29) is 10.8 Å². The number of nitrogens with zero attached hydrogens (tertiary/aromatic N) is 2. The van der Waals surface area contributed by atoms with Gasteiger partial charge in [-0.25, -0.2) is 0 Å². The molecule has 2 heteroatoms. The molecule has 0 atom stereocenters. The summed E-state index contributed by atoms with van der Waals surface area (Å²) in [6.45, 7) is 9.49. The maximum Gasteiger partial charge on any atom is 0.0727 e. The Labute approximate surface area is 405 Å². The first-order valence-electron chi connectivity index (χ1n) is 24.4. The molecular formula is C67H50N2. The minimum atomic E-state index is -0.572. The third-order valence-corrected chi connectivity index (χ3v) is 16.3. The highest BCUT2D eigenvalue weighted by Crippen LogP contribution is 2.64. The Hall–Kier alpha value is -8.20. The topological polar surface area (TPSA) is 6.48 Å². The van der Waals surface area contributed by atoms with Crippen LogP contribution in [0, 0.1) is 0 Å². The molecule has 0 bridgehead atoms. The first-order valence-corrected chi connectivity index (χ1v) is 24.4. The number of fused-ring (bicyclic) bond motifs is 16. The normalized spacial score (nSPS) is 15.0. The molecule has 0 aromatic heterocycles. The SMILES string of the molecule is CC1(C)c2ccccc2-c2ccc(N(c3ccccc3)c3ccc4c(c3)C3(c5ccccc5-4)c4ccccc4-c4ccc(N(c5ccccc5)c5ccc6c(c5)C(C)(C)c5ccccc5-6)cc43)cc21. The molecule has 0 aliphatic heterocycles. The summed E-state index contributed by atoms with van der Waals surface area (Å²) in [6, 6.07) is 86.8. The molecule has 0 amide bonds.